The van der Waals surface area contributed by atoms with Gasteiger partial charge in [0.05, 0.1) is 0 Å². The van der Waals surface area contributed by atoms with E-state index in [2.05, 4.69) is 0 Å². The summed E-state index contributed by atoms with van der Waals surface area (Å²) in [7, 11) is -3.98. The van der Waals surface area contributed by atoms with E-state index in [9.17, 15) is 18.6 Å². The summed E-state index contributed by atoms with van der Waals surface area (Å²) >= 11 is 0. The topological polar surface area (TPSA) is 74.6 Å². The largest absolute Gasteiger partial charge is 0.507 e. The van der Waals surface area contributed by atoms with Gasteiger partial charge in [0.2, 0.25) is 9.84 Å². The van der Waals surface area contributed by atoms with E-state index in [0.717, 1.165) is 5.56 Å². The zero-order valence-corrected chi connectivity index (χ0v) is 12.3. The van der Waals surface area contributed by atoms with Gasteiger partial charge in [-0.2, -0.15) is 0 Å². The van der Waals surface area contributed by atoms with Crippen molar-refractivity contribution < 1.29 is 18.6 Å². The Morgan fingerprint density at radius 2 is 1.40 bits per heavy atom. The molecule has 2 rings (SSSR count). The summed E-state index contributed by atoms with van der Waals surface area (Å²) in [6.45, 7) is 5.01. The summed E-state index contributed by atoms with van der Waals surface area (Å²) < 4.78 is 25.5. The Hall–Kier alpha value is -2.01. The van der Waals surface area contributed by atoms with Gasteiger partial charge < -0.3 is 10.2 Å². The molecular formula is C15H16O4S. The first-order chi connectivity index (χ1) is 9.26. The van der Waals surface area contributed by atoms with Gasteiger partial charge in [-0.05, 0) is 49.6 Å². The van der Waals surface area contributed by atoms with Gasteiger partial charge in [-0.15, -0.1) is 0 Å². The van der Waals surface area contributed by atoms with Crippen LogP contribution >= 0.6 is 0 Å². The molecule has 0 aliphatic carbocycles. The maximum atomic E-state index is 12.7. The van der Waals surface area contributed by atoms with Crippen molar-refractivity contribution in [3.05, 3.63) is 47.0 Å². The molecule has 0 atom stereocenters. The van der Waals surface area contributed by atoms with Crippen LogP contribution in [0.15, 0.2) is 40.1 Å². The molecular weight excluding hydrogens is 276 g/mol. The summed E-state index contributed by atoms with van der Waals surface area (Å²) in [5.41, 5.74) is 1.67. The van der Waals surface area contributed by atoms with Crippen LogP contribution in [0.3, 0.4) is 0 Å². The first-order valence-electron chi connectivity index (χ1n) is 6.09. The minimum absolute atomic E-state index is 0.151. The molecule has 0 radical (unpaired) electrons. The molecule has 0 spiro atoms. The predicted octanol–water partition coefficient (Wildman–Crippen LogP) is 2.86. The monoisotopic (exact) mass is 292 g/mol. The van der Waals surface area contributed by atoms with Crippen molar-refractivity contribution in [3.63, 3.8) is 0 Å². The highest BCUT2D eigenvalue weighted by atomic mass is 32.2. The Morgan fingerprint density at radius 1 is 0.800 bits per heavy atom. The molecule has 0 bridgehead atoms. The number of phenols is 2. The van der Waals surface area contributed by atoms with Gasteiger partial charge in [0, 0.05) is 0 Å². The molecule has 0 aromatic heterocycles. The van der Waals surface area contributed by atoms with E-state index in [4.69, 9.17) is 0 Å². The highest BCUT2D eigenvalue weighted by Crippen LogP contribution is 2.37. The van der Waals surface area contributed by atoms with Gasteiger partial charge >= 0.3 is 0 Å². The first-order valence-corrected chi connectivity index (χ1v) is 7.58. The second-order valence-electron chi connectivity index (χ2n) is 4.78. The smallest absolute Gasteiger partial charge is 0.214 e. The van der Waals surface area contributed by atoms with E-state index in [0.29, 0.717) is 11.1 Å². The number of hydrogen-bond donors (Lipinski definition) is 2. The molecule has 2 aromatic rings. The molecule has 0 saturated heterocycles. The third kappa shape index (κ3) is 2.14. The van der Waals surface area contributed by atoms with Gasteiger partial charge in [0.15, 0.2) is 0 Å². The predicted molar refractivity (Wildman–Crippen MR) is 75.9 cm³/mol. The van der Waals surface area contributed by atoms with Crippen LogP contribution in [0.5, 0.6) is 11.5 Å². The van der Waals surface area contributed by atoms with Crippen molar-refractivity contribution in [1.82, 2.24) is 0 Å². The van der Waals surface area contributed by atoms with E-state index in [1.165, 1.54) is 12.1 Å². The standard InChI is InChI=1S/C15H16O4S/c1-9-7-8-13(17)15(11(9)3)20(18,19)14-10(2)5-4-6-12(14)16/h4-8,16-17H,1-3H3. The van der Waals surface area contributed by atoms with Gasteiger partial charge in [0.25, 0.3) is 0 Å². The van der Waals surface area contributed by atoms with E-state index in [1.807, 2.05) is 0 Å². The van der Waals surface area contributed by atoms with Crippen LogP contribution in [0.2, 0.25) is 0 Å². The average molecular weight is 292 g/mol. The highest BCUT2D eigenvalue weighted by Gasteiger charge is 2.28. The van der Waals surface area contributed by atoms with Crippen molar-refractivity contribution in [1.29, 1.82) is 0 Å². The lowest BCUT2D eigenvalue weighted by atomic mass is 10.1. The minimum Gasteiger partial charge on any atom is -0.507 e. The van der Waals surface area contributed by atoms with Gasteiger partial charge in [-0.25, -0.2) is 8.42 Å². The van der Waals surface area contributed by atoms with Gasteiger partial charge in [0.1, 0.15) is 21.3 Å². The number of rotatable bonds is 2. The quantitative estimate of drug-likeness (QED) is 0.892. The highest BCUT2D eigenvalue weighted by molar-refractivity contribution is 7.91. The third-order valence-electron chi connectivity index (χ3n) is 3.38. The number of hydrogen-bond acceptors (Lipinski definition) is 4. The van der Waals surface area contributed by atoms with Crippen molar-refractivity contribution in [2.24, 2.45) is 0 Å². The Labute approximate surface area is 118 Å². The maximum Gasteiger partial charge on any atom is 0.214 e. The van der Waals surface area contributed by atoms with Gasteiger partial charge in [-0.1, -0.05) is 18.2 Å². The Kier molecular flexibility index (Phi) is 3.48. The maximum absolute atomic E-state index is 12.7. The summed E-state index contributed by atoms with van der Waals surface area (Å²) in [6.07, 6.45) is 0. The lowest BCUT2D eigenvalue weighted by Crippen LogP contribution is -2.07. The Bertz CT molecular complexity index is 756. The Balaban J connectivity index is 2.85. The van der Waals surface area contributed by atoms with Crippen LogP contribution < -0.4 is 0 Å². The second-order valence-corrected chi connectivity index (χ2v) is 6.61. The lowest BCUT2D eigenvalue weighted by molar-refractivity contribution is 0.451. The van der Waals surface area contributed by atoms with Crippen LogP contribution in [0, 0.1) is 20.8 Å². The van der Waals surface area contributed by atoms with E-state index >= 15 is 0 Å². The molecule has 0 amide bonds. The summed E-state index contributed by atoms with van der Waals surface area (Å²) in [6, 6.07) is 7.51. The number of phenolic OH excluding ortho intramolecular Hbond substituents is 2. The number of aryl methyl sites for hydroxylation is 2. The van der Waals surface area contributed by atoms with Crippen LogP contribution in [0.4, 0.5) is 0 Å². The van der Waals surface area contributed by atoms with Crippen molar-refractivity contribution in [2.75, 3.05) is 0 Å². The first kappa shape index (κ1) is 14.4. The molecule has 20 heavy (non-hydrogen) atoms. The summed E-state index contributed by atoms with van der Waals surface area (Å²) in [5, 5.41) is 19.8. The minimum atomic E-state index is -3.98. The number of aromatic hydroxyl groups is 2. The number of benzene rings is 2. The molecule has 0 fully saturated rings. The van der Waals surface area contributed by atoms with Crippen molar-refractivity contribution in [2.45, 2.75) is 30.6 Å². The molecule has 0 aliphatic heterocycles. The average Bonchev–Trinajstić information content (AvgIpc) is 2.33. The van der Waals surface area contributed by atoms with Crippen LogP contribution in [-0.2, 0) is 9.84 Å². The molecule has 4 nitrogen and oxygen atoms in total. The second kappa shape index (κ2) is 4.83. The fourth-order valence-electron chi connectivity index (χ4n) is 2.20. The van der Waals surface area contributed by atoms with Crippen molar-refractivity contribution >= 4 is 9.84 Å². The fraction of sp³-hybridized carbons (Fsp3) is 0.200. The molecule has 0 unspecified atom stereocenters. The zero-order valence-electron chi connectivity index (χ0n) is 11.5. The SMILES string of the molecule is Cc1ccc(O)c(S(=O)(=O)c2c(C)cccc2O)c1C. The van der Waals surface area contributed by atoms with E-state index in [-0.39, 0.29) is 21.3 Å². The fourth-order valence-corrected chi connectivity index (χ4v) is 4.15. The summed E-state index contributed by atoms with van der Waals surface area (Å²) in [5.74, 6) is -0.624. The lowest BCUT2D eigenvalue weighted by Gasteiger charge is -2.14. The molecule has 106 valence electrons. The van der Waals surface area contributed by atoms with Crippen LogP contribution in [0.25, 0.3) is 0 Å². The third-order valence-corrected chi connectivity index (χ3v) is 5.51. The van der Waals surface area contributed by atoms with E-state index in [1.54, 1.807) is 39.0 Å². The molecule has 0 saturated carbocycles. The van der Waals surface area contributed by atoms with E-state index < -0.39 is 9.84 Å². The molecule has 2 aromatic carbocycles. The summed E-state index contributed by atoms with van der Waals surface area (Å²) in [4.78, 5) is -0.314. The van der Waals surface area contributed by atoms with Gasteiger partial charge in [-0.3, -0.25) is 0 Å². The van der Waals surface area contributed by atoms with Crippen molar-refractivity contribution in [3.8, 4) is 11.5 Å². The molecule has 5 heteroatoms. The molecule has 2 N–H and O–H groups in total. The number of sulfone groups is 1. The molecule has 0 aliphatic rings. The van der Waals surface area contributed by atoms with Crippen LogP contribution in [-0.4, -0.2) is 18.6 Å². The van der Waals surface area contributed by atoms with Crippen LogP contribution in [0.1, 0.15) is 16.7 Å². The molecule has 0 heterocycles. The zero-order chi connectivity index (χ0) is 15.1. The Morgan fingerprint density at radius 3 is 2.00 bits per heavy atom. The normalized spacial score (nSPS) is 11.6.